The fourth-order valence-corrected chi connectivity index (χ4v) is 1.87. The highest BCUT2D eigenvalue weighted by molar-refractivity contribution is 14.0. The van der Waals surface area contributed by atoms with Gasteiger partial charge in [-0.05, 0) is 23.6 Å². The highest BCUT2D eigenvalue weighted by Crippen LogP contribution is 2.09. The largest absolute Gasteiger partial charge is 0.481 e. The zero-order chi connectivity index (χ0) is 14.9. The van der Waals surface area contributed by atoms with E-state index >= 15 is 0 Å². The normalized spacial score (nSPS) is 10.7. The topological polar surface area (TPSA) is 72.5 Å². The van der Waals surface area contributed by atoms with Crippen molar-refractivity contribution >= 4 is 29.9 Å². The van der Waals surface area contributed by atoms with Crippen molar-refractivity contribution in [3.05, 3.63) is 59.8 Å². The number of nitrogens with one attached hydrogen (secondary N) is 1. The van der Waals surface area contributed by atoms with Gasteiger partial charge in [0, 0.05) is 18.8 Å². The molecular formula is C16H21IN4O. The Balaban J connectivity index is 0.00000242. The Labute approximate surface area is 148 Å². The molecule has 1 heterocycles. The van der Waals surface area contributed by atoms with Gasteiger partial charge in [0.1, 0.15) is 0 Å². The maximum atomic E-state index is 5.85. The number of pyridine rings is 1. The molecule has 0 aliphatic heterocycles. The molecule has 0 fully saturated rings. The predicted octanol–water partition coefficient (Wildman–Crippen LogP) is 2.36. The van der Waals surface area contributed by atoms with Gasteiger partial charge in [0.2, 0.25) is 5.88 Å². The summed E-state index contributed by atoms with van der Waals surface area (Å²) in [5.74, 6) is 1.03. The number of hydrogen-bond donors (Lipinski definition) is 2. The van der Waals surface area contributed by atoms with Crippen LogP contribution < -0.4 is 15.8 Å². The van der Waals surface area contributed by atoms with Crippen LogP contribution in [0.4, 0.5) is 0 Å². The van der Waals surface area contributed by atoms with Crippen LogP contribution in [0.3, 0.4) is 0 Å². The van der Waals surface area contributed by atoms with Crippen LogP contribution in [0.2, 0.25) is 0 Å². The Morgan fingerprint density at radius 1 is 1.23 bits per heavy atom. The quantitative estimate of drug-likeness (QED) is 0.434. The van der Waals surface area contributed by atoms with Crippen LogP contribution in [0.25, 0.3) is 0 Å². The summed E-state index contributed by atoms with van der Waals surface area (Å²) in [7, 11) is 1.59. The third kappa shape index (κ3) is 6.30. The standard InChI is InChI=1S/C16H20N4O.HI/c1-21-15-11-14(8-9-18-15)12-20-16(17)19-10-7-13-5-3-2-4-6-13;/h2-6,8-9,11H,7,10,12H2,1H3,(H3,17,19,20);1H. The summed E-state index contributed by atoms with van der Waals surface area (Å²) in [5.41, 5.74) is 8.13. The molecule has 6 heteroatoms. The van der Waals surface area contributed by atoms with Crippen LogP contribution in [0.5, 0.6) is 5.88 Å². The summed E-state index contributed by atoms with van der Waals surface area (Å²) in [6.07, 6.45) is 2.61. The van der Waals surface area contributed by atoms with E-state index in [0.717, 1.165) is 18.5 Å². The molecule has 5 nitrogen and oxygen atoms in total. The number of rotatable bonds is 6. The van der Waals surface area contributed by atoms with Gasteiger partial charge >= 0.3 is 0 Å². The van der Waals surface area contributed by atoms with Gasteiger partial charge in [-0.25, -0.2) is 9.98 Å². The van der Waals surface area contributed by atoms with Crippen molar-refractivity contribution in [1.29, 1.82) is 0 Å². The monoisotopic (exact) mass is 412 g/mol. The van der Waals surface area contributed by atoms with Crippen molar-refractivity contribution in [1.82, 2.24) is 10.3 Å². The number of halogens is 1. The van der Waals surface area contributed by atoms with Gasteiger partial charge in [0.25, 0.3) is 0 Å². The molecule has 0 bridgehead atoms. The first-order chi connectivity index (χ1) is 10.3. The summed E-state index contributed by atoms with van der Waals surface area (Å²) < 4.78 is 5.07. The van der Waals surface area contributed by atoms with Crippen molar-refractivity contribution in [3.8, 4) is 5.88 Å². The van der Waals surface area contributed by atoms with E-state index < -0.39 is 0 Å². The van der Waals surface area contributed by atoms with Gasteiger partial charge in [-0.2, -0.15) is 0 Å². The van der Waals surface area contributed by atoms with Crippen molar-refractivity contribution in [2.24, 2.45) is 10.7 Å². The smallest absolute Gasteiger partial charge is 0.213 e. The second-order valence-electron chi connectivity index (χ2n) is 4.57. The lowest BCUT2D eigenvalue weighted by atomic mass is 10.1. The van der Waals surface area contributed by atoms with Crippen LogP contribution in [0, 0.1) is 0 Å². The first-order valence-electron chi connectivity index (χ1n) is 6.84. The minimum absolute atomic E-state index is 0. The van der Waals surface area contributed by atoms with Gasteiger partial charge in [-0.15, -0.1) is 24.0 Å². The van der Waals surface area contributed by atoms with Crippen LogP contribution in [0.15, 0.2) is 53.7 Å². The first-order valence-corrected chi connectivity index (χ1v) is 6.84. The van der Waals surface area contributed by atoms with E-state index in [9.17, 15) is 0 Å². The summed E-state index contributed by atoms with van der Waals surface area (Å²) in [5, 5.41) is 3.11. The first kappa shape index (κ1) is 18.2. The number of nitrogens with zero attached hydrogens (tertiary/aromatic N) is 2. The molecule has 3 N–H and O–H groups in total. The van der Waals surface area contributed by atoms with Crippen LogP contribution in [0.1, 0.15) is 11.1 Å². The molecule has 2 rings (SSSR count). The lowest BCUT2D eigenvalue weighted by Crippen LogP contribution is -2.33. The Kier molecular flexibility index (Phi) is 8.27. The van der Waals surface area contributed by atoms with Gasteiger partial charge in [-0.1, -0.05) is 30.3 Å². The van der Waals surface area contributed by atoms with Gasteiger partial charge < -0.3 is 15.8 Å². The Hall–Kier alpha value is -1.83. The molecule has 1 aromatic heterocycles. The fourth-order valence-electron chi connectivity index (χ4n) is 1.87. The van der Waals surface area contributed by atoms with E-state index in [1.807, 2.05) is 30.3 Å². The van der Waals surface area contributed by atoms with Crippen molar-refractivity contribution in [2.75, 3.05) is 13.7 Å². The van der Waals surface area contributed by atoms with E-state index in [1.54, 1.807) is 13.3 Å². The molecule has 118 valence electrons. The number of methoxy groups -OCH3 is 1. The molecule has 0 saturated heterocycles. The number of aliphatic imine (C=N–C) groups is 1. The molecule has 0 atom stereocenters. The molecule has 0 amide bonds. The Morgan fingerprint density at radius 2 is 2.00 bits per heavy atom. The Morgan fingerprint density at radius 3 is 2.73 bits per heavy atom. The second kappa shape index (κ2) is 9.99. The predicted molar refractivity (Wildman–Crippen MR) is 99.7 cm³/mol. The Bertz CT molecular complexity index is 590. The van der Waals surface area contributed by atoms with Crippen LogP contribution >= 0.6 is 24.0 Å². The van der Waals surface area contributed by atoms with Gasteiger partial charge in [-0.3, -0.25) is 0 Å². The highest BCUT2D eigenvalue weighted by Gasteiger charge is 1.97. The third-order valence-corrected chi connectivity index (χ3v) is 3.00. The fraction of sp³-hybridized carbons (Fsp3) is 0.250. The molecule has 0 unspecified atom stereocenters. The maximum Gasteiger partial charge on any atom is 0.213 e. The van der Waals surface area contributed by atoms with E-state index in [1.165, 1.54) is 5.56 Å². The van der Waals surface area contributed by atoms with Gasteiger partial charge in [0.15, 0.2) is 5.96 Å². The molecule has 0 aliphatic carbocycles. The van der Waals surface area contributed by atoms with E-state index in [2.05, 4.69) is 27.4 Å². The summed E-state index contributed by atoms with van der Waals surface area (Å²) in [4.78, 5) is 8.35. The molecule has 0 saturated carbocycles. The number of hydrogen-bond acceptors (Lipinski definition) is 3. The van der Waals surface area contributed by atoms with Gasteiger partial charge in [0.05, 0.1) is 13.7 Å². The average molecular weight is 412 g/mol. The molecular weight excluding hydrogens is 391 g/mol. The lowest BCUT2D eigenvalue weighted by Gasteiger charge is -2.06. The highest BCUT2D eigenvalue weighted by atomic mass is 127. The average Bonchev–Trinajstić information content (AvgIpc) is 2.54. The number of aromatic nitrogens is 1. The minimum atomic E-state index is 0. The van der Waals surface area contributed by atoms with Crippen LogP contribution in [-0.2, 0) is 13.0 Å². The van der Waals surface area contributed by atoms with Crippen LogP contribution in [-0.4, -0.2) is 24.6 Å². The molecule has 2 aromatic rings. The van der Waals surface area contributed by atoms with Crippen molar-refractivity contribution < 1.29 is 4.74 Å². The SMILES string of the molecule is COc1cc(CN=C(N)NCCc2ccccc2)ccn1.I. The number of ether oxygens (including phenoxy) is 1. The molecule has 1 aromatic carbocycles. The van der Waals surface area contributed by atoms with Crippen molar-refractivity contribution in [2.45, 2.75) is 13.0 Å². The summed E-state index contributed by atoms with van der Waals surface area (Å²) >= 11 is 0. The lowest BCUT2D eigenvalue weighted by molar-refractivity contribution is 0.397. The molecule has 0 aliphatic rings. The zero-order valence-corrected chi connectivity index (χ0v) is 14.9. The van der Waals surface area contributed by atoms with E-state index in [4.69, 9.17) is 10.5 Å². The molecule has 22 heavy (non-hydrogen) atoms. The van der Waals surface area contributed by atoms with E-state index in [-0.39, 0.29) is 24.0 Å². The number of nitrogens with two attached hydrogens (primary N) is 1. The zero-order valence-electron chi connectivity index (χ0n) is 12.5. The van der Waals surface area contributed by atoms with E-state index in [0.29, 0.717) is 18.4 Å². The molecule has 0 spiro atoms. The summed E-state index contributed by atoms with van der Waals surface area (Å²) in [6, 6.07) is 14.0. The number of benzene rings is 1. The third-order valence-electron chi connectivity index (χ3n) is 3.00. The number of guanidine groups is 1. The maximum absolute atomic E-state index is 5.85. The molecule has 0 radical (unpaired) electrons. The van der Waals surface area contributed by atoms with Crippen molar-refractivity contribution in [3.63, 3.8) is 0 Å². The minimum Gasteiger partial charge on any atom is -0.481 e. The second-order valence-corrected chi connectivity index (χ2v) is 4.57. The summed E-state index contributed by atoms with van der Waals surface area (Å²) in [6.45, 7) is 1.27.